The number of carbonyl (C=O) groups is 1. The average Bonchev–Trinajstić information content (AvgIpc) is 2.29. The first-order valence-corrected chi connectivity index (χ1v) is 7.17. The van der Waals surface area contributed by atoms with Gasteiger partial charge in [0.05, 0.1) is 12.2 Å². The summed E-state index contributed by atoms with van der Waals surface area (Å²) >= 11 is 2.56. The molecule has 5 heteroatoms. The van der Waals surface area contributed by atoms with Gasteiger partial charge in [-0.2, -0.15) is 0 Å². The van der Waals surface area contributed by atoms with Crippen LogP contribution in [-0.2, 0) is 4.74 Å². The van der Waals surface area contributed by atoms with Gasteiger partial charge >= 0.3 is 5.97 Å². The van der Waals surface area contributed by atoms with Crippen LogP contribution in [0.1, 0.15) is 17.3 Å². The van der Waals surface area contributed by atoms with Crippen LogP contribution in [0.5, 0.6) is 0 Å². The summed E-state index contributed by atoms with van der Waals surface area (Å²) in [5, 5.41) is 0. The molecular weight excluding hydrogens is 247 g/mol. The molecule has 1 aromatic rings. The molecule has 0 unspecified atom stereocenters. The lowest BCUT2D eigenvalue weighted by molar-refractivity contribution is 0.0525. The summed E-state index contributed by atoms with van der Waals surface area (Å²) in [6.45, 7) is 2.06. The molecule has 1 aromatic carbocycles. The highest BCUT2D eigenvalue weighted by molar-refractivity contribution is 7.99. The maximum absolute atomic E-state index is 13.7. The molecule has 0 bridgehead atoms. The van der Waals surface area contributed by atoms with Gasteiger partial charge in [-0.05, 0) is 31.6 Å². The first kappa shape index (κ1) is 13.4. The zero-order valence-electron chi connectivity index (χ0n) is 9.37. The highest BCUT2D eigenvalue weighted by Crippen LogP contribution is 2.29. The zero-order chi connectivity index (χ0) is 12.1. The third-order valence-corrected chi connectivity index (χ3v) is 3.43. The molecule has 0 amide bonds. The van der Waals surface area contributed by atoms with Crippen LogP contribution in [0.4, 0.5) is 4.39 Å². The van der Waals surface area contributed by atoms with Crippen LogP contribution in [0.25, 0.3) is 0 Å². The summed E-state index contributed by atoms with van der Waals surface area (Å²) in [4.78, 5) is 12.5. The molecule has 0 heterocycles. The zero-order valence-corrected chi connectivity index (χ0v) is 11.0. The standard InChI is InChI=1S/C11H13FO2S2/c1-4-14-11(13)7-5-8(15-2)10(12)9(6-7)16-3/h5-6H,4H2,1-3H3. The van der Waals surface area contributed by atoms with Crippen LogP contribution in [-0.4, -0.2) is 25.1 Å². The van der Waals surface area contributed by atoms with E-state index in [-0.39, 0.29) is 5.82 Å². The summed E-state index contributed by atoms with van der Waals surface area (Å²) in [5.74, 6) is -0.679. The van der Waals surface area contributed by atoms with Gasteiger partial charge in [-0.25, -0.2) is 9.18 Å². The van der Waals surface area contributed by atoms with Gasteiger partial charge in [-0.1, -0.05) is 0 Å². The summed E-state index contributed by atoms with van der Waals surface area (Å²) < 4.78 is 18.6. The molecule has 1 rings (SSSR count). The van der Waals surface area contributed by atoms with E-state index in [1.165, 1.54) is 35.7 Å². The Hall–Kier alpha value is -0.680. The Bertz CT molecular complexity index is 369. The second-order valence-electron chi connectivity index (χ2n) is 2.92. The van der Waals surface area contributed by atoms with E-state index in [1.807, 2.05) is 0 Å². The van der Waals surface area contributed by atoms with Crippen molar-refractivity contribution in [3.8, 4) is 0 Å². The Labute approximate surface area is 103 Å². The third kappa shape index (κ3) is 2.92. The van der Waals surface area contributed by atoms with Crippen molar-refractivity contribution in [3.63, 3.8) is 0 Å². The molecule has 0 aliphatic carbocycles. The second-order valence-corrected chi connectivity index (χ2v) is 4.61. The molecule has 0 N–H and O–H groups in total. The largest absolute Gasteiger partial charge is 0.462 e. The Morgan fingerprint density at radius 1 is 1.31 bits per heavy atom. The summed E-state index contributed by atoms with van der Waals surface area (Å²) in [6.07, 6.45) is 3.55. The molecule has 0 radical (unpaired) electrons. The van der Waals surface area contributed by atoms with Crippen LogP contribution in [0.3, 0.4) is 0 Å². The van der Waals surface area contributed by atoms with E-state index in [9.17, 15) is 9.18 Å². The van der Waals surface area contributed by atoms with E-state index in [1.54, 1.807) is 19.4 Å². The smallest absolute Gasteiger partial charge is 0.338 e. The van der Waals surface area contributed by atoms with Gasteiger partial charge in [0.15, 0.2) is 0 Å². The Kier molecular flexibility index (Phi) is 5.15. The molecule has 0 aromatic heterocycles. The lowest BCUT2D eigenvalue weighted by atomic mass is 10.2. The van der Waals surface area contributed by atoms with Crippen LogP contribution in [0, 0.1) is 5.82 Å². The van der Waals surface area contributed by atoms with Gasteiger partial charge in [0, 0.05) is 9.79 Å². The Morgan fingerprint density at radius 2 is 1.81 bits per heavy atom. The Balaban J connectivity index is 3.16. The SMILES string of the molecule is CCOC(=O)c1cc(SC)c(F)c(SC)c1. The second kappa shape index (κ2) is 6.15. The first-order chi connectivity index (χ1) is 7.63. The number of carbonyl (C=O) groups excluding carboxylic acids is 1. The van der Waals surface area contributed by atoms with Crippen molar-refractivity contribution < 1.29 is 13.9 Å². The van der Waals surface area contributed by atoms with Gasteiger partial charge in [0.25, 0.3) is 0 Å². The van der Waals surface area contributed by atoms with Gasteiger partial charge < -0.3 is 4.74 Å². The molecule has 88 valence electrons. The van der Waals surface area contributed by atoms with E-state index >= 15 is 0 Å². The van der Waals surface area contributed by atoms with Crippen molar-refractivity contribution >= 4 is 29.5 Å². The molecule has 0 spiro atoms. The quantitative estimate of drug-likeness (QED) is 0.612. The number of hydrogen-bond acceptors (Lipinski definition) is 4. The predicted octanol–water partition coefficient (Wildman–Crippen LogP) is 3.45. The fourth-order valence-corrected chi connectivity index (χ4v) is 2.33. The highest BCUT2D eigenvalue weighted by atomic mass is 32.2. The number of benzene rings is 1. The minimum Gasteiger partial charge on any atom is -0.462 e. The van der Waals surface area contributed by atoms with E-state index in [2.05, 4.69) is 0 Å². The Morgan fingerprint density at radius 3 is 2.19 bits per heavy atom. The molecule has 16 heavy (non-hydrogen) atoms. The molecule has 0 atom stereocenters. The lowest BCUT2D eigenvalue weighted by Gasteiger charge is -2.08. The minimum atomic E-state index is -0.409. The topological polar surface area (TPSA) is 26.3 Å². The van der Waals surface area contributed by atoms with E-state index in [4.69, 9.17) is 4.74 Å². The van der Waals surface area contributed by atoms with Crippen molar-refractivity contribution in [2.45, 2.75) is 16.7 Å². The van der Waals surface area contributed by atoms with Gasteiger partial charge in [0.2, 0.25) is 0 Å². The molecule has 0 saturated carbocycles. The fraction of sp³-hybridized carbons (Fsp3) is 0.364. The monoisotopic (exact) mass is 260 g/mol. The van der Waals surface area contributed by atoms with Gasteiger partial charge in [-0.3, -0.25) is 0 Å². The van der Waals surface area contributed by atoms with Crippen molar-refractivity contribution in [2.24, 2.45) is 0 Å². The van der Waals surface area contributed by atoms with Crippen molar-refractivity contribution in [2.75, 3.05) is 19.1 Å². The van der Waals surface area contributed by atoms with Crippen molar-refractivity contribution in [1.82, 2.24) is 0 Å². The van der Waals surface area contributed by atoms with Crippen LogP contribution >= 0.6 is 23.5 Å². The number of hydrogen-bond donors (Lipinski definition) is 0. The maximum Gasteiger partial charge on any atom is 0.338 e. The van der Waals surface area contributed by atoms with E-state index in [0.717, 1.165) is 0 Å². The molecule has 0 fully saturated rings. The fourth-order valence-electron chi connectivity index (χ4n) is 1.20. The number of halogens is 1. The minimum absolute atomic E-state index is 0.270. The first-order valence-electron chi connectivity index (χ1n) is 4.72. The predicted molar refractivity (Wildman–Crippen MR) is 65.9 cm³/mol. The highest BCUT2D eigenvalue weighted by Gasteiger charge is 2.14. The summed E-state index contributed by atoms with van der Waals surface area (Å²) in [7, 11) is 0. The molecule has 0 saturated heterocycles. The maximum atomic E-state index is 13.7. The molecule has 2 nitrogen and oxygen atoms in total. The summed E-state index contributed by atoms with van der Waals surface area (Å²) in [6, 6.07) is 3.05. The molecular formula is C11H13FO2S2. The van der Waals surface area contributed by atoms with Gasteiger partial charge in [-0.15, -0.1) is 23.5 Å². The third-order valence-electron chi connectivity index (χ3n) is 1.96. The molecule has 0 aliphatic heterocycles. The molecule has 0 aliphatic rings. The van der Waals surface area contributed by atoms with E-state index < -0.39 is 5.97 Å². The number of ether oxygens (including phenoxy) is 1. The normalized spacial score (nSPS) is 10.2. The average molecular weight is 260 g/mol. The van der Waals surface area contributed by atoms with Crippen LogP contribution in [0.15, 0.2) is 21.9 Å². The number of rotatable bonds is 4. The number of thioether (sulfide) groups is 2. The van der Waals surface area contributed by atoms with Gasteiger partial charge in [0.1, 0.15) is 5.82 Å². The number of esters is 1. The summed E-state index contributed by atoms with van der Waals surface area (Å²) in [5.41, 5.74) is 0.400. The van der Waals surface area contributed by atoms with Crippen molar-refractivity contribution in [3.05, 3.63) is 23.5 Å². The lowest BCUT2D eigenvalue weighted by Crippen LogP contribution is -2.05. The van der Waals surface area contributed by atoms with Crippen LogP contribution < -0.4 is 0 Å². The van der Waals surface area contributed by atoms with Crippen molar-refractivity contribution in [1.29, 1.82) is 0 Å². The van der Waals surface area contributed by atoms with Crippen LogP contribution in [0.2, 0.25) is 0 Å². The van der Waals surface area contributed by atoms with E-state index in [0.29, 0.717) is 22.0 Å².